The number of hydrogen-bond acceptors (Lipinski definition) is 5. The zero-order valence-corrected chi connectivity index (χ0v) is 19.3. The molecule has 1 aromatic heterocycles. The van der Waals surface area contributed by atoms with Crippen molar-refractivity contribution in [1.82, 2.24) is 14.9 Å². The van der Waals surface area contributed by atoms with Gasteiger partial charge in [-0.25, -0.2) is 4.98 Å². The van der Waals surface area contributed by atoms with E-state index in [0.717, 1.165) is 30.6 Å². The third kappa shape index (κ3) is 6.02. The summed E-state index contributed by atoms with van der Waals surface area (Å²) in [5.41, 5.74) is 1.34. The van der Waals surface area contributed by atoms with Crippen LogP contribution in [0.3, 0.4) is 0 Å². The van der Waals surface area contributed by atoms with E-state index in [1.54, 1.807) is 29.9 Å². The van der Waals surface area contributed by atoms with Crippen molar-refractivity contribution < 1.29 is 9.53 Å². The van der Waals surface area contributed by atoms with Crippen molar-refractivity contribution in [3.8, 4) is 5.75 Å². The minimum atomic E-state index is -0.142. The zero-order chi connectivity index (χ0) is 22.2. The Morgan fingerprint density at radius 1 is 1.23 bits per heavy atom. The Labute approximate surface area is 191 Å². The number of aromatic nitrogens is 2. The van der Waals surface area contributed by atoms with Gasteiger partial charge >= 0.3 is 0 Å². The highest BCUT2D eigenvalue weighted by Crippen LogP contribution is 2.21. The molecule has 2 aromatic carbocycles. The molecule has 0 radical (unpaired) electrons. The Bertz CT molecular complexity index is 1120. The lowest BCUT2D eigenvalue weighted by Gasteiger charge is -2.13. The van der Waals surface area contributed by atoms with Gasteiger partial charge in [0, 0.05) is 23.7 Å². The van der Waals surface area contributed by atoms with E-state index in [4.69, 9.17) is 16.3 Å². The smallest absolute Gasteiger partial charge is 0.262 e. The van der Waals surface area contributed by atoms with Crippen LogP contribution in [0.25, 0.3) is 10.9 Å². The van der Waals surface area contributed by atoms with Gasteiger partial charge in [0.25, 0.3) is 5.56 Å². The van der Waals surface area contributed by atoms with E-state index < -0.39 is 0 Å². The molecule has 0 saturated heterocycles. The van der Waals surface area contributed by atoms with Crippen LogP contribution in [0.4, 0.5) is 0 Å². The van der Waals surface area contributed by atoms with Crippen LogP contribution in [-0.4, -0.2) is 28.3 Å². The minimum absolute atomic E-state index is 0.102. The third-order valence-corrected chi connectivity index (χ3v) is 6.08. The maximum absolute atomic E-state index is 13.0. The molecule has 0 bridgehead atoms. The number of thioether (sulfide) groups is 1. The summed E-state index contributed by atoms with van der Waals surface area (Å²) in [7, 11) is 1.60. The third-order valence-electron chi connectivity index (χ3n) is 4.87. The Morgan fingerprint density at radius 2 is 2.03 bits per heavy atom. The highest BCUT2D eigenvalue weighted by molar-refractivity contribution is 7.99. The molecule has 1 amide bonds. The summed E-state index contributed by atoms with van der Waals surface area (Å²) in [5.74, 6) is 0.742. The maximum atomic E-state index is 13.0. The van der Waals surface area contributed by atoms with Gasteiger partial charge in [-0.1, -0.05) is 61.3 Å². The standard InChI is InChI=1S/C23H26ClN3O3S/c1-3-4-7-12-27-22(29)18-11-10-17(24)13-19(18)26-23(27)31-15-21(28)25-14-16-8-5-6-9-20(16)30-2/h5-6,8-11,13H,3-4,7,12,14-15H2,1-2H3,(H,25,28). The van der Waals surface area contributed by atoms with Gasteiger partial charge in [-0.3, -0.25) is 14.2 Å². The van der Waals surface area contributed by atoms with Gasteiger partial charge in [-0.2, -0.15) is 0 Å². The van der Waals surface area contributed by atoms with E-state index in [-0.39, 0.29) is 17.2 Å². The van der Waals surface area contributed by atoms with Crippen LogP contribution >= 0.6 is 23.4 Å². The van der Waals surface area contributed by atoms with Crippen molar-refractivity contribution in [3.05, 3.63) is 63.4 Å². The molecule has 0 atom stereocenters. The van der Waals surface area contributed by atoms with Gasteiger partial charge in [0.05, 0.1) is 23.8 Å². The molecule has 0 aliphatic heterocycles. The van der Waals surface area contributed by atoms with E-state index >= 15 is 0 Å². The fourth-order valence-electron chi connectivity index (χ4n) is 3.23. The van der Waals surface area contributed by atoms with Crippen LogP contribution in [0.1, 0.15) is 31.7 Å². The number of rotatable bonds is 10. The molecule has 6 nitrogen and oxygen atoms in total. The van der Waals surface area contributed by atoms with Crippen molar-refractivity contribution in [1.29, 1.82) is 0 Å². The highest BCUT2D eigenvalue weighted by atomic mass is 35.5. The molecule has 164 valence electrons. The minimum Gasteiger partial charge on any atom is -0.496 e. The maximum Gasteiger partial charge on any atom is 0.262 e. The van der Waals surface area contributed by atoms with Crippen molar-refractivity contribution >= 4 is 40.2 Å². The number of hydrogen-bond donors (Lipinski definition) is 1. The summed E-state index contributed by atoms with van der Waals surface area (Å²) in [6, 6.07) is 12.6. The van der Waals surface area contributed by atoms with Gasteiger partial charge < -0.3 is 10.1 Å². The van der Waals surface area contributed by atoms with Gasteiger partial charge in [0.15, 0.2) is 5.16 Å². The van der Waals surface area contributed by atoms with Crippen molar-refractivity contribution in [2.75, 3.05) is 12.9 Å². The second-order valence-corrected chi connectivity index (χ2v) is 8.48. The van der Waals surface area contributed by atoms with Crippen molar-refractivity contribution in [2.24, 2.45) is 0 Å². The number of para-hydroxylation sites is 1. The van der Waals surface area contributed by atoms with Crippen LogP contribution in [0, 0.1) is 0 Å². The molecule has 0 spiro atoms. The van der Waals surface area contributed by atoms with Crippen molar-refractivity contribution in [3.63, 3.8) is 0 Å². The molecule has 31 heavy (non-hydrogen) atoms. The molecule has 0 aliphatic carbocycles. The Hall–Kier alpha value is -2.51. The van der Waals surface area contributed by atoms with E-state index in [9.17, 15) is 9.59 Å². The zero-order valence-electron chi connectivity index (χ0n) is 17.7. The van der Waals surface area contributed by atoms with Gasteiger partial charge in [-0.15, -0.1) is 0 Å². The SMILES string of the molecule is CCCCCn1c(SCC(=O)NCc2ccccc2OC)nc2cc(Cl)ccc2c1=O. The van der Waals surface area contributed by atoms with Crippen molar-refractivity contribution in [2.45, 2.75) is 44.4 Å². The average molecular weight is 460 g/mol. The molecule has 0 fully saturated rings. The number of nitrogens with zero attached hydrogens (tertiary/aromatic N) is 2. The summed E-state index contributed by atoms with van der Waals surface area (Å²) >= 11 is 7.35. The van der Waals surface area contributed by atoms with E-state index in [2.05, 4.69) is 17.2 Å². The molecule has 0 unspecified atom stereocenters. The monoisotopic (exact) mass is 459 g/mol. The predicted octanol–water partition coefficient (Wildman–Crippen LogP) is 4.66. The quantitative estimate of drug-likeness (QED) is 0.271. The molecular formula is C23H26ClN3O3S. The number of methoxy groups -OCH3 is 1. The Morgan fingerprint density at radius 3 is 2.81 bits per heavy atom. The molecule has 3 aromatic rings. The number of halogens is 1. The van der Waals surface area contributed by atoms with Crippen LogP contribution in [-0.2, 0) is 17.9 Å². The number of nitrogens with one attached hydrogen (secondary N) is 1. The summed E-state index contributed by atoms with van der Waals surface area (Å²) in [6.45, 7) is 3.06. The number of amides is 1. The molecular weight excluding hydrogens is 434 g/mol. The Balaban J connectivity index is 1.75. The molecule has 1 heterocycles. The molecule has 1 N–H and O–H groups in total. The van der Waals surface area contributed by atoms with E-state index in [0.29, 0.717) is 34.2 Å². The van der Waals surface area contributed by atoms with Crippen LogP contribution in [0.2, 0.25) is 5.02 Å². The lowest BCUT2D eigenvalue weighted by molar-refractivity contribution is -0.118. The normalized spacial score (nSPS) is 10.9. The topological polar surface area (TPSA) is 73.2 Å². The first-order valence-corrected chi connectivity index (χ1v) is 11.6. The largest absolute Gasteiger partial charge is 0.496 e. The number of fused-ring (bicyclic) bond motifs is 1. The average Bonchev–Trinajstić information content (AvgIpc) is 2.78. The lowest BCUT2D eigenvalue weighted by atomic mass is 10.2. The second-order valence-electron chi connectivity index (χ2n) is 7.10. The number of carbonyl (C=O) groups excluding carboxylic acids is 1. The summed E-state index contributed by atoms with van der Waals surface area (Å²) in [5, 5.41) is 4.49. The van der Waals surface area contributed by atoms with Gasteiger partial charge in [0.2, 0.25) is 5.91 Å². The number of unbranched alkanes of at least 4 members (excludes halogenated alkanes) is 2. The van der Waals surface area contributed by atoms with E-state index in [1.165, 1.54) is 11.8 Å². The molecule has 0 saturated carbocycles. The van der Waals surface area contributed by atoms with Gasteiger partial charge in [-0.05, 0) is 30.7 Å². The van der Waals surface area contributed by atoms with Gasteiger partial charge in [0.1, 0.15) is 5.75 Å². The van der Waals surface area contributed by atoms with Crippen LogP contribution in [0.5, 0.6) is 5.75 Å². The Kier molecular flexibility index (Phi) is 8.37. The fraction of sp³-hybridized carbons (Fsp3) is 0.348. The first kappa shape index (κ1) is 23.2. The van der Waals surface area contributed by atoms with E-state index in [1.807, 2.05) is 24.3 Å². The molecule has 8 heteroatoms. The molecule has 3 rings (SSSR count). The lowest BCUT2D eigenvalue weighted by Crippen LogP contribution is -2.27. The first-order chi connectivity index (χ1) is 15.0. The second kappa shape index (κ2) is 11.2. The summed E-state index contributed by atoms with van der Waals surface area (Å²) < 4.78 is 6.99. The number of carbonyl (C=O) groups is 1. The highest BCUT2D eigenvalue weighted by Gasteiger charge is 2.14. The fourth-order valence-corrected chi connectivity index (χ4v) is 4.25. The summed E-state index contributed by atoms with van der Waals surface area (Å²) in [4.78, 5) is 30.1. The number of ether oxygens (including phenoxy) is 1. The summed E-state index contributed by atoms with van der Waals surface area (Å²) in [6.07, 6.45) is 2.96. The first-order valence-electron chi connectivity index (χ1n) is 10.2. The molecule has 0 aliphatic rings. The predicted molar refractivity (Wildman–Crippen MR) is 126 cm³/mol. The number of benzene rings is 2. The van der Waals surface area contributed by atoms with Crippen LogP contribution < -0.4 is 15.6 Å². The van der Waals surface area contributed by atoms with Crippen LogP contribution in [0.15, 0.2) is 52.4 Å².